The van der Waals surface area contributed by atoms with Gasteiger partial charge in [0.2, 0.25) is 5.91 Å². The van der Waals surface area contributed by atoms with Crippen LogP contribution in [0.2, 0.25) is 0 Å². The van der Waals surface area contributed by atoms with E-state index in [4.69, 9.17) is 0 Å². The molecule has 0 radical (unpaired) electrons. The molecule has 3 amide bonds. The Kier molecular flexibility index (Phi) is 4.07. The molecule has 5 atom stereocenters. The van der Waals surface area contributed by atoms with E-state index in [1.807, 2.05) is 4.90 Å². The van der Waals surface area contributed by atoms with Gasteiger partial charge in [0.05, 0.1) is 11.1 Å². The standard InChI is InChI=1S/C23H26FN3O3/c24-16-7-1-5-15-19(16)23(30)27(21(15)28)18-9-8-17-14-6-3-11-25-10-2-4-13(20(14)25)12-26(17)22(18)29/h1,5,7,13-14,17-18,20H,2-4,6,8-12H2/t13-,14+,17+,18?,20-/m0/s1. The Morgan fingerprint density at radius 3 is 2.53 bits per heavy atom. The number of piperidine rings is 4. The van der Waals surface area contributed by atoms with Gasteiger partial charge in [-0.3, -0.25) is 24.2 Å². The number of hydrogen-bond donors (Lipinski definition) is 0. The molecule has 0 saturated carbocycles. The Labute approximate surface area is 175 Å². The van der Waals surface area contributed by atoms with Crippen molar-refractivity contribution in [2.75, 3.05) is 19.6 Å². The lowest BCUT2D eigenvalue weighted by Crippen LogP contribution is -2.69. The first kappa shape index (κ1) is 18.5. The van der Waals surface area contributed by atoms with Crippen molar-refractivity contribution in [2.24, 2.45) is 11.8 Å². The number of benzene rings is 1. The van der Waals surface area contributed by atoms with Crippen LogP contribution in [0.4, 0.5) is 4.39 Å². The van der Waals surface area contributed by atoms with Crippen molar-refractivity contribution >= 4 is 17.7 Å². The van der Waals surface area contributed by atoms with Gasteiger partial charge in [0.1, 0.15) is 11.9 Å². The summed E-state index contributed by atoms with van der Waals surface area (Å²) in [5, 5.41) is 0. The highest BCUT2D eigenvalue weighted by molar-refractivity contribution is 6.23. The predicted octanol–water partition coefficient (Wildman–Crippen LogP) is 2.29. The third kappa shape index (κ3) is 2.41. The Hall–Kier alpha value is -2.28. The molecule has 6 rings (SSSR count). The highest BCUT2D eigenvalue weighted by Crippen LogP contribution is 2.45. The van der Waals surface area contributed by atoms with Crippen LogP contribution in [0, 0.1) is 17.7 Å². The van der Waals surface area contributed by atoms with Crippen molar-refractivity contribution in [3.8, 4) is 0 Å². The molecule has 1 unspecified atom stereocenters. The molecule has 1 aromatic rings. The van der Waals surface area contributed by atoms with Crippen LogP contribution in [-0.2, 0) is 4.79 Å². The summed E-state index contributed by atoms with van der Waals surface area (Å²) in [4.78, 5) is 45.1. The normalized spacial score (nSPS) is 35.9. The fourth-order valence-corrected chi connectivity index (χ4v) is 7.05. The Morgan fingerprint density at radius 2 is 1.73 bits per heavy atom. The second-order valence-corrected chi connectivity index (χ2v) is 9.53. The van der Waals surface area contributed by atoms with Gasteiger partial charge in [0.25, 0.3) is 11.8 Å². The van der Waals surface area contributed by atoms with Crippen molar-refractivity contribution in [2.45, 2.75) is 56.7 Å². The van der Waals surface area contributed by atoms with Crippen molar-refractivity contribution in [1.82, 2.24) is 14.7 Å². The fraction of sp³-hybridized carbons (Fsp3) is 0.609. The average molecular weight is 411 g/mol. The zero-order chi connectivity index (χ0) is 20.6. The van der Waals surface area contributed by atoms with Crippen LogP contribution in [0.1, 0.15) is 59.2 Å². The van der Waals surface area contributed by atoms with Crippen LogP contribution < -0.4 is 0 Å². The third-order valence-electron chi connectivity index (χ3n) is 8.18. The SMILES string of the molecule is O=C1c2cccc(F)c2C(=O)N1C1CC[C@@H]2[C@H]3CCCN4CCC[C@@H](CN2C1=O)[C@@H]34. The molecule has 0 aromatic heterocycles. The molecule has 7 heteroatoms. The van der Waals surface area contributed by atoms with Crippen LogP contribution in [-0.4, -0.2) is 70.2 Å². The predicted molar refractivity (Wildman–Crippen MR) is 106 cm³/mol. The summed E-state index contributed by atoms with van der Waals surface area (Å²) >= 11 is 0. The molecule has 0 bridgehead atoms. The van der Waals surface area contributed by atoms with Gasteiger partial charge >= 0.3 is 0 Å². The second-order valence-electron chi connectivity index (χ2n) is 9.53. The van der Waals surface area contributed by atoms with Gasteiger partial charge < -0.3 is 4.90 Å². The fourth-order valence-electron chi connectivity index (χ4n) is 7.05. The molecule has 6 nitrogen and oxygen atoms in total. The van der Waals surface area contributed by atoms with E-state index in [0.717, 1.165) is 30.7 Å². The van der Waals surface area contributed by atoms with E-state index in [9.17, 15) is 18.8 Å². The van der Waals surface area contributed by atoms with Crippen LogP contribution in [0.25, 0.3) is 0 Å². The summed E-state index contributed by atoms with van der Waals surface area (Å²) in [6.07, 6.45) is 5.90. The molecular weight excluding hydrogens is 385 g/mol. The first-order valence-corrected chi connectivity index (χ1v) is 11.3. The number of rotatable bonds is 1. The van der Waals surface area contributed by atoms with Gasteiger partial charge in [-0.1, -0.05) is 6.07 Å². The quantitative estimate of drug-likeness (QED) is 0.666. The number of hydrogen-bond acceptors (Lipinski definition) is 4. The summed E-state index contributed by atoms with van der Waals surface area (Å²) in [7, 11) is 0. The molecule has 4 saturated heterocycles. The zero-order valence-corrected chi connectivity index (χ0v) is 16.9. The molecule has 5 heterocycles. The molecule has 1 aromatic carbocycles. The number of halogens is 1. The minimum Gasteiger partial charge on any atom is -0.337 e. The summed E-state index contributed by atoms with van der Waals surface area (Å²) in [5.74, 6) is -1.06. The minimum atomic E-state index is -0.812. The Morgan fingerprint density at radius 1 is 0.933 bits per heavy atom. The highest BCUT2D eigenvalue weighted by atomic mass is 19.1. The lowest BCUT2D eigenvalue weighted by molar-refractivity contribution is -0.156. The number of carbonyl (C=O) groups excluding carboxylic acids is 3. The van der Waals surface area contributed by atoms with E-state index in [-0.39, 0.29) is 23.1 Å². The molecule has 0 N–H and O–H groups in total. The van der Waals surface area contributed by atoms with Gasteiger partial charge in [-0.25, -0.2) is 4.39 Å². The van der Waals surface area contributed by atoms with Gasteiger partial charge in [-0.05, 0) is 75.6 Å². The zero-order valence-electron chi connectivity index (χ0n) is 16.9. The second kappa shape index (κ2) is 6.61. The van der Waals surface area contributed by atoms with Crippen molar-refractivity contribution in [1.29, 1.82) is 0 Å². The third-order valence-corrected chi connectivity index (χ3v) is 8.18. The molecule has 30 heavy (non-hydrogen) atoms. The average Bonchev–Trinajstić information content (AvgIpc) is 3.01. The molecule has 158 valence electrons. The maximum absolute atomic E-state index is 14.2. The molecule has 0 aliphatic carbocycles. The van der Waals surface area contributed by atoms with Crippen molar-refractivity contribution in [3.05, 3.63) is 35.1 Å². The van der Waals surface area contributed by atoms with Crippen molar-refractivity contribution < 1.29 is 18.8 Å². The molecule has 4 fully saturated rings. The lowest BCUT2D eigenvalue weighted by Gasteiger charge is -2.59. The number of carbonyl (C=O) groups is 3. The van der Waals surface area contributed by atoms with Gasteiger partial charge in [0, 0.05) is 18.6 Å². The first-order valence-electron chi connectivity index (χ1n) is 11.3. The maximum atomic E-state index is 14.2. The summed E-state index contributed by atoms with van der Waals surface area (Å²) in [6, 6.07) is 4.06. The summed E-state index contributed by atoms with van der Waals surface area (Å²) in [5.41, 5.74) is -0.116. The number of nitrogens with zero attached hydrogens (tertiary/aromatic N) is 3. The van der Waals surface area contributed by atoms with E-state index < -0.39 is 23.7 Å². The monoisotopic (exact) mass is 411 g/mol. The summed E-state index contributed by atoms with van der Waals surface area (Å²) < 4.78 is 14.2. The molecule has 0 spiro atoms. The number of imide groups is 1. The smallest absolute Gasteiger partial charge is 0.265 e. The van der Waals surface area contributed by atoms with E-state index in [0.29, 0.717) is 24.3 Å². The molecule has 5 aliphatic rings. The van der Waals surface area contributed by atoms with E-state index >= 15 is 0 Å². The first-order chi connectivity index (χ1) is 14.6. The highest BCUT2D eigenvalue weighted by Gasteiger charge is 2.54. The molecule has 5 aliphatic heterocycles. The van der Waals surface area contributed by atoms with Crippen LogP contribution >= 0.6 is 0 Å². The van der Waals surface area contributed by atoms with Gasteiger partial charge in [0.15, 0.2) is 0 Å². The van der Waals surface area contributed by atoms with Crippen LogP contribution in [0.3, 0.4) is 0 Å². The van der Waals surface area contributed by atoms with E-state index in [1.165, 1.54) is 44.1 Å². The van der Waals surface area contributed by atoms with Crippen molar-refractivity contribution in [3.63, 3.8) is 0 Å². The van der Waals surface area contributed by atoms with Gasteiger partial charge in [-0.2, -0.15) is 0 Å². The molecular formula is C23H26FN3O3. The minimum absolute atomic E-state index is 0.0730. The number of amides is 3. The van der Waals surface area contributed by atoms with Gasteiger partial charge in [-0.15, -0.1) is 0 Å². The maximum Gasteiger partial charge on any atom is 0.265 e. The topological polar surface area (TPSA) is 60.9 Å². The Bertz CT molecular complexity index is 948. The van der Waals surface area contributed by atoms with E-state index in [1.54, 1.807) is 0 Å². The number of fused-ring (bicyclic) bond motifs is 3. The largest absolute Gasteiger partial charge is 0.337 e. The lowest BCUT2D eigenvalue weighted by atomic mass is 9.67. The Balaban J connectivity index is 1.30. The van der Waals surface area contributed by atoms with E-state index in [2.05, 4.69) is 4.90 Å². The van der Waals surface area contributed by atoms with Crippen LogP contribution in [0.5, 0.6) is 0 Å². The van der Waals surface area contributed by atoms with Crippen LogP contribution in [0.15, 0.2) is 18.2 Å². The summed E-state index contributed by atoms with van der Waals surface area (Å²) in [6.45, 7) is 3.05.